The molecule has 0 saturated carbocycles. The first-order valence-electron chi connectivity index (χ1n) is 5.85. The lowest BCUT2D eigenvalue weighted by Gasteiger charge is -2.29. The zero-order valence-corrected chi connectivity index (χ0v) is 9.63. The third-order valence-corrected chi connectivity index (χ3v) is 3.05. The highest BCUT2D eigenvalue weighted by atomic mass is 16.2. The second kappa shape index (κ2) is 5.48. The minimum atomic E-state index is -0.0323. The Morgan fingerprint density at radius 2 is 1.88 bits per heavy atom. The van der Waals surface area contributed by atoms with Crippen LogP contribution in [0.15, 0.2) is 30.3 Å². The Balaban J connectivity index is 1.86. The van der Waals surface area contributed by atoms with Crippen molar-refractivity contribution in [2.75, 3.05) is 13.1 Å². The van der Waals surface area contributed by atoms with Crippen molar-refractivity contribution in [3.05, 3.63) is 35.9 Å². The van der Waals surface area contributed by atoms with E-state index in [9.17, 15) is 9.59 Å². The zero-order valence-electron chi connectivity index (χ0n) is 9.63. The van der Waals surface area contributed by atoms with Gasteiger partial charge in [-0.15, -0.1) is 0 Å². The van der Waals surface area contributed by atoms with Crippen molar-refractivity contribution in [2.45, 2.75) is 18.9 Å². The van der Waals surface area contributed by atoms with Crippen LogP contribution in [0.5, 0.6) is 0 Å². The molecule has 2 rings (SSSR count). The summed E-state index contributed by atoms with van der Waals surface area (Å²) in [6.07, 6.45) is 2.53. The molecule has 1 aromatic carbocycles. The molecule has 1 saturated heterocycles. The lowest BCUT2D eigenvalue weighted by Crippen LogP contribution is -2.44. The van der Waals surface area contributed by atoms with Crippen LogP contribution in [0.1, 0.15) is 23.2 Å². The molecule has 17 heavy (non-hydrogen) atoms. The summed E-state index contributed by atoms with van der Waals surface area (Å²) in [4.78, 5) is 24.2. The van der Waals surface area contributed by atoms with Crippen molar-refractivity contribution in [3.8, 4) is 0 Å². The fourth-order valence-corrected chi connectivity index (χ4v) is 2.01. The first-order valence-corrected chi connectivity index (χ1v) is 5.85. The third-order valence-electron chi connectivity index (χ3n) is 3.05. The van der Waals surface area contributed by atoms with Gasteiger partial charge in [0.2, 0.25) is 6.41 Å². The number of carbonyl (C=O) groups excluding carboxylic acids is 2. The molecule has 0 aromatic heterocycles. The maximum atomic E-state index is 11.9. The maximum Gasteiger partial charge on any atom is 0.251 e. The summed E-state index contributed by atoms with van der Waals surface area (Å²) in [6, 6.07) is 9.37. The van der Waals surface area contributed by atoms with Crippen molar-refractivity contribution in [2.24, 2.45) is 0 Å². The van der Waals surface area contributed by atoms with Gasteiger partial charge in [-0.1, -0.05) is 18.2 Å². The van der Waals surface area contributed by atoms with Gasteiger partial charge in [-0.25, -0.2) is 0 Å². The number of likely N-dealkylation sites (tertiary alicyclic amines) is 1. The average Bonchev–Trinajstić information content (AvgIpc) is 2.40. The zero-order chi connectivity index (χ0) is 12.1. The van der Waals surface area contributed by atoms with E-state index in [4.69, 9.17) is 0 Å². The Kier molecular flexibility index (Phi) is 3.75. The molecule has 1 heterocycles. The predicted molar refractivity (Wildman–Crippen MR) is 64.6 cm³/mol. The quantitative estimate of drug-likeness (QED) is 0.791. The van der Waals surface area contributed by atoms with Crippen LogP contribution in [-0.4, -0.2) is 36.3 Å². The number of amides is 2. The Hall–Kier alpha value is -1.84. The lowest BCUT2D eigenvalue weighted by atomic mass is 10.0. The largest absolute Gasteiger partial charge is 0.349 e. The molecular formula is C13H16N2O2. The minimum Gasteiger partial charge on any atom is -0.349 e. The van der Waals surface area contributed by atoms with Crippen molar-refractivity contribution < 1.29 is 9.59 Å². The van der Waals surface area contributed by atoms with Gasteiger partial charge in [0.25, 0.3) is 5.91 Å². The van der Waals surface area contributed by atoms with E-state index >= 15 is 0 Å². The van der Waals surface area contributed by atoms with E-state index in [-0.39, 0.29) is 11.9 Å². The van der Waals surface area contributed by atoms with E-state index in [0.29, 0.717) is 5.56 Å². The first-order chi connectivity index (χ1) is 8.29. The second-order valence-corrected chi connectivity index (χ2v) is 4.26. The topological polar surface area (TPSA) is 49.4 Å². The van der Waals surface area contributed by atoms with Gasteiger partial charge in [-0.05, 0) is 25.0 Å². The molecular weight excluding hydrogens is 216 g/mol. The average molecular weight is 232 g/mol. The van der Waals surface area contributed by atoms with Gasteiger partial charge in [0.15, 0.2) is 0 Å². The van der Waals surface area contributed by atoms with Crippen LogP contribution in [0.3, 0.4) is 0 Å². The van der Waals surface area contributed by atoms with Crippen LogP contribution in [0.4, 0.5) is 0 Å². The van der Waals surface area contributed by atoms with Gasteiger partial charge < -0.3 is 10.2 Å². The first kappa shape index (κ1) is 11.6. The highest BCUT2D eigenvalue weighted by molar-refractivity contribution is 5.94. The highest BCUT2D eigenvalue weighted by Gasteiger charge is 2.19. The lowest BCUT2D eigenvalue weighted by molar-refractivity contribution is -0.119. The standard InChI is InChI=1S/C13H16N2O2/c16-10-15-8-6-12(7-9-15)14-13(17)11-4-2-1-3-5-11/h1-5,10,12H,6-9H2,(H,14,17). The predicted octanol–water partition coefficient (Wildman–Crippen LogP) is 1.04. The molecule has 2 amide bonds. The third kappa shape index (κ3) is 3.06. The molecule has 0 unspecified atom stereocenters. The molecule has 0 aliphatic carbocycles. The number of hydrogen-bond donors (Lipinski definition) is 1. The molecule has 90 valence electrons. The molecule has 4 heteroatoms. The maximum absolute atomic E-state index is 11.9. The van der Waals surface area contributed by atoms with Crippen LogP contribution in [-0.2, 0) is 4.79 Å². The second-order valence-electron chi connectivity index (χ2n) is 4.26. The van der Waals surface area contributed by atoms with Crippen molar-refractivity contribution in [1.82, 2.24) is 10.2 Å². The molecule has 1 fully saturated rings. The highest BCUT2D eigenvalue weighted by Crippen LogP contribution is 2.09. The van der Waals surface area contributed by atoms with Gasteiger partial charge in [-0.2, -0.15) is 0 Å². The molecule has 1 N–H and O–H groups in total. The SMILES string of the molecule is O=CN1CCC(NC(=O)c2ccccc2)CC1. The van der Waals surface area contributed by atoms with E-state index in [2.05, 4.69) is 5.32 Å². The van der Waals surface area contributed by atoms with Crippen LogP contribution in [0.2, 0.25) is 0 Å². The molecule has 0 bridgehead atoms. The van der Waals surface area contributed by atoms with E-state index in [1.807, 2.05) is 18.2 Å². The molecule has 1 aliphatic heterocycles. The van der Waals surface area contributed by atoms with Crippen LogP contribution in [0.25, 0.3) is 0 Å². The molecule has 4 nitrogen and oxygen atoms in total. The number of hydrogen-bond acceptors (Lipinski definition) is 2. The molecule has 0 atom stereocenters. The molecule has 1 aromatic rings. The summed E-state index contributed by atoms with van der Waals surface area (Å²) in [5.41, 5.74) is 0.685. The summed E-state index contributed by atoms with van der Waals surface area (Å²) in [5.74, 6) is -0.0323. The van der Waals surface area contributed by atoms with Gasteiger partial charge in [-0.3, -0.25) is 9.59 Å². The Morgan fingerprint density at radius 1 is 1.24 bits per heavy atom. The normalized spacial score (nSPS) is 16.6. The van der Waals surface area contributed by atoms with Crippen molar-refractivity contribution in [1.29, 1.82) is 0 Å². The summed E-state index contributed by atoms with van der Waals surface area (Å²) in [5, 5.41) is 3.00. The number of benzene rings is 1. The monoisotopic (exact) mass is 232 g/mol. The summed E-state index contributed by atoms with van der Waals surface area (Å²) in [6.45, 7) is 1.45. The number of nitrogens with one attached hydrogen (secondary N) is 1. The van der Waals surface area contributed by atoms with Crippen LogP contribution >= 0.6 is 0 Å². The summed E-state index contributed by atoms with van der Waals surface area (Å²) < 4.78 is 0. The Morgan fingerprint density at radius 3 is 2.47 bits per heavy atom. The smallest absolute Gasteiger partial charge is 0.251 e. The summed E-state index contributed by atoms with van der Waals surface area (Å²) in [7, 11) is 0. The summed E-state index contributed by atoms with van der Waals surface area (Å²) >= 11 is 0. The van der Waals surface area contributed by atoms with E-state index in [1.165, 1.54) is 0 Å². The van der Waals surface area contributed by atoms with Gasteiger partial charge in [0.05, 0.1) is 0 Å². The number of nitrogens with zero attached hydrogens (tertiary/aromatic N) is 1. The number of rotatable bonds is 3. The van der Waals surface area contributed by atoms with E-state index in [1.54, 1.807) is 17.0 Å². The number of carbonyl (C=O) groups is 2. The molecule has 0 spiro atoms. The van der Waals surface area contributed by atoms with Crippen LogP contribution < -0.4 is 5.32 Å². The van der Waals surface area contributed by atoms with E-state index in [0.717, 1.165) is 32.3 Å². The van der Waals surface area contributed by atoms with E-state index < -0.39 is 0 Å². The number of piperidine rings is 1. The fourth-order valence-electron chi connectivity index (χ4n) is 2.01. The Labute approximate surface area is 101 Å². The molecule has 1 aliphatic rings. The minimum absolute atomic E-state index is 0.0323. The van der Waals surface area contributed by atoms with Crippen molar-refractivity contribution >= 4 is 12.3 Å². The fraction of sp³-hybridized carbons (Fsp3) is 0.385. The van der Waals surface area contributed by atoms with Crippen LogP contribution in [0, 0.1) is 0 Å². The van der Waals surface area contributed by atoms with Crippen molar-refractivity contribution in [3.63, 3.8) is 0 Å². The Bertz CT molecular complexity index is 384. The molecule has 0 radical (unpaired) electrons. The van der Waals surface area contributed by atoms with Gasteiger partial charge in [0, 0.05) is 24.7 Å². The van der Waals surface area contributed by atoms with Gasteiger partial charge >= 0.3 is 0 Å². The van der Waals surface area contributed by atoms with Gasteiger partial charge in [0.1, 0.15) is 0 Å².